The zero-order valence-corrected chi connectivity index (χ0v) is 11.7. The molecule has 1 aliphatic carbocycles. The molecule has 1 saturated heterocycles. The Kier molecular flexibility index (Phi) is 2.89. The van der Waals surface area contributed by atoms with Gasteiger partial charge in [0.1, 0.15) is 5.88 Å². The van der Waals surface area contributed by atoms with Gasteiger partial charge in [-0.25, -0.2) is 8.78 Å². The number of fused-ring (bicyclic) bond motifs is 1. The molecule has 4 nitrogen and oxygen atoms in total. The summed E-state index contributed by atoms with van der Waals surface area (Å²) < 4.78 is 31.3. The largest absolute Gasteiger partial charge is 0.371 e. The predicted molar refractivity (Wildman–Crippen MR) is 72.1 cm³/mol. The fraction of sp³-hybridized carbons (Fsp3) is 0.429. The summed E-state index contributed by atoms with van der Waals surface area (Å²) in [5.41, 5.74) is 0.717. The molecular formula is C14H12ClF2N3O. The first kappa shape index (κ1) is 13.0. The van der Waals surface area contributed by atoms with E-state index in [1.165, 1.54) is 6.07 Å². The molecule has 0 amide bonds. The third kappa shape index (κ3) is 2.09. The second-order valence-corrected chi connectivity index (χ2v) is 5.80. The Morgan fingerprint density at radius 2 is 2.00 bits per heavy atom. The molecule has 2 heterocycles. The van der Waals surface area contributed by atoms with Crippen LogP contribution in [0.15, 0.2) is 22.7 Å². The van der Waals surface area contributed by atoms with E-state index in [4.69, 9.17) is 16.1 Å². The number of benzene rings is 1. The molecule has 0 unspecified atom stereocenters. The zero-order chi connectivity index (χ0) is 14.6. The molecule has 4 rings (SSSR count). The normalized spacial score (nSPS) is 27.0. The van der Waals surface area contributed by atoms with Crippen molar-refractivity contribution < 1.29 is 13.3 Å². The molecule has 0 bridgehead atoms. The number of anilines is 1. The maximum absolute atomic E-state index is 13.3. The number of hydrogen-bond acceptors (Lipinski definition) is 4. The van der Waals surface area contributed by atoms with Crippen molar-refractivity contribution in [2.75, 3.05) is 18.0 Å². The molecule has 1 saturated carbocycles. The number of aromatic nitrogens is 2. The van der Waals surface area contributed by atoms with Gasteiger partial charge >= 0.3 is 0 Å². The topological polar surface area (TPSA) is 42.2 Å². The predicted octanol–water partition coefficient (Wildman–Crippen LogP) is 2.94. The molecule has 21 heavy (non-hydrogen) atoms. The molecule has 2 fully saturated rings. The van der Waals surface area contributed by atoms with Crippen molar-refractivity contribution in [3.8, 4) is 0 Å². The fourth-order valence-corrected chi connectivity index (χ4v) is 3.37. The zero-order valence-electron chi connectivity index (χ0n) is 11.0. The second-order valence-electron chi connectivity index (χ2n) is 5.54. The van der Waals surface area contributed by atoms with Crippen molar-refractivity contribution >= 4 is 17.3 Å². The lowest BCUT2D eigenvalue weighted by atomic mass is 10.2. The van der Waals surface area contributed by atoms with Crippen molar-refractivity contribution in [1.29, 1.82) is 0 Å². The van der Waals surface area contributed by atoms with Crippen LogP contribution in [0.2, 0.25) is 0 Å². The SMILES string of the molecule is Fc1ccc(N2C[C@@H]3[C@H](C2)[C@H]3c2noc(CCl)n2)cc1F. The molecule has 0 spiro atoms. The summed E-state index contributed by atoms with van der Waals surface area (Å²) in [6.07, 6.45) is 0. The molecule has 1 aromatic heterocycles. The van der Waals surface area contributed by atoms with Crippen LogP contribution in [0.3, 0.4) is 0 Å². The first-order valence-corrected chi connectivity index (χ1v) is 7.29. The Balaban J connectivity index is 1.46. The molecule has 7 heteroatoms. The van der Waals surface area contributed by atoms with E-state index in [1.54, 1.807) is 6.07 Å². The third-order valence-corrected chi connectivity index (χ3v) is 4.59. The molecule has 2 aliphatic rings. The molecule has 3 atom stereocenters. The standard InChI is InChI=1S/C14H12ClF2N3O/c15-4-12-18-14(19-21-12)13-8-5-20(6-9(8)13)7-1-2-10(16)11(17)3-7/h1-3,8-9,13H,4-6H2/t8-,9+,13+. The van der Waals surface area contributed by atoms with Crippen molar-refractivity contribution in [3.05, 3.63) is 41.5 Å². The Morgan fingerprint density at radius 3 is 2.62 bits per heavy atom. The van der Waals surface area contributed by atoms with Gasteiger partial charge in [0.25, 0.3) is 0 Å². The highest BCUT2D eigenvalue weighted by atomic mass is 35.5. The number of alkyl halides is 1. The van der Waals surface area contributed by atoms with Gasteiger partial charge in [-0.15, -0.1) is 11.6 Å². The van der Waals surface area contributed by atoms with Crippen molar-refractivity contribution in [2.24, 2.45) is 11.8 Å². The quantitative estimate of drug-likeness (QED) is 0.817. The second kappa shape index (κ2) is 4.66. The average molecular weight is 312 g/mol. The Morgan fingerprint density at radius 1 is 1.24 bits per heavy atom. The van der Waals surface area contributed by atoms with E-state index >= 15 is 0 Å². The minimum absolute atomic E-state index is 0.218. The summed E-state index contributed by atoms with van der Waals surface area (Å²) in [5.74, 6) is 0.927. The monoisotopic (exact) mass is 311 g/mol. The van der Waals surface area contributed by atoms with Gasteiger partial charge in [-0.3, -0.25) is 0 Å². The molecule has 1 aromatic carbocycles. The van der Waals surface area contributed by atoms with E-state index in [2.05, 4.69) is 15.0 Å². The summed E-state index contributed by atoms with van der Waals surface area (Å²) in [4.78, 5) is 6.33. The molecule has 110 valence electrons. The summed E-state index contributed by atoms with van der Waals surface area (Å²) in [6.45, 7) is 1.59. The summed E-state index contributed by atoms with van der Waals surface area (Å²) in [7, 11) is 0. The molecule has 1 aliphatic heterocycles. The molecule has 0 N–H and O–H groups in total. The van der Waals surface area contributed by atoms with E-state index in [0.717, 1.165) is 24.8 Å². The fourth-order valence-electron chi connectivity index (χ4n) is 3.26. The van der Waals surface area contributed by atoms with Crippen LogP contribution in [0.25, 0.3) is 0 Å². The van der Waals surface area contributed by atoms with Crippen molar-refractivity contribution in [1.82, 2.24) is 10.1 Å². The third-order valence-electron chi connectivity index (χ3n) is 4.36. The maximum Gasteiger partial charge on any atom is 0.241 e. The smallest absolute Gasteiger partial charge is 0.241 e. The van der Waals surface area contributed by atoms with E-state index in [0.29, 0.717) is 29.5 Å². The van der Waals surface area contributed by atoms with Gasteiger partial charge in [-0.1, -0.05) is 5.16 Å². The lowest BCUT2D eigenvalue weighted by Gasteiger charge is -2.21. The van der Waals surface area contributed by atoms with E-state index in [9.17, 15) is 8.78 Å². The van der Waals surface area contributed by atoms with Gasteiger partial charge in [0.2, 0.25) is 5.89 Å². The molecule has 2 aromatic rings. The number of nitrogens with zero attached hydrogens (tertiary/aromatic N) is 3. The van der Waals surface area contributed by atoms with E-state index < -0.39 is 11.6 Å². The average Bonchev–Trinajstić information content (AvgIpc) is 2.88. The van der Waals surface area contributed by atoms with E-state index in [-0.39, 0.29) is 5.88 Å². The number of rotatable bonds is 3. The Hall–Kier alpha value is -1.69. The highest BCUT2D eigenvalue weighted by molar-refractivity contribution is 6.16. The van der Waals surface area contributed by atoms with Gasteiger partial charge in [0.15, 0.2) is 17.5 Å². The Labute approximate surface area is 124 Å². The van der Waals surface area contributed by atoms with E-state index in [1.807, 2.05) is 0 Å². The highest BCUT2D eigenvalue weighted by Gasteiger charge is 2.58. The minimum atomic E-state index is -0.818. The van der Waals surface area contributed by atoms with Crippen LogP contribution in [-0.4, -0.2) is 23.2 Å². The van der Waals surface area contributed by atoms with Gasteiger partial charge in [0.05, 0.1) is 0 Å². The lowest BCUT2D eigenvalue weighted by molar-refractivity contribution is 0.383. The number of piperidine rings is 1. The van der Waals surface area contributed by atoms with Crippen LogP contribution in [0.5, 0.6) is 0 Å². The van der Waals surface area contributed by atoms with Gasteiger partial charge < -0.3 is 9.42 Å². The van der Waals surface area contributed by atoms with Gasteiger partial charge in [0, 0.05) is 30.8 Å². The summed E-state index contributed by atoms with van der Waals surface area (Å²) in [5, 5.41) is 3.96. The summed E-state index contributed by atoms with van der Waals surface area (Å²) in [6, 6.07) is 4.02. The van der Waals surface area contributed by atoms with Crippen LogP contribution < -0.4 is 4.90 Å². The van der Waals surface area contributed by atoms with Crippen LogP contribution in [-0.2, 0) is 5.88 Å². The van der Waals surface area contributed by atoms with Crippen molar-refractivity contribution in [2.45, 2.75) is 11.8 Å². The number of halogens is 3. The van der Waals surface area contributed by atoms with Crippen LogP contribution in [0.1, 0.15) is 17.6 Å². The Bertz CT molecular complexity index is 681. The number of hydrogen-bond donors (Lipinski definition) is 0. The highest BCUT2D eigenvalue weighted by Crippen LogP contribution is 2.57. The molecular weight excluding hydrogens is 300 g/mol. The minimum Gasteiger partial charge on any atom is -0.371 e. The van der Waals surface area contributed by atoms with Crippen LogP contribution >= 0.6 is 11.6 Å². The first-order valence-electron chi connectivity index (χ1n) is 6.76. The van der Waals surface area contributed by atoms with Gasteiger partial charge in [-0.2, -0.15) is 4.98 Å². The van der Waals surface area contributed by atoms with Crippen molar-refractivity contribution in [3.63, 3.8) is 0 Å². The summed E-state index contributed by atoms with van der Waals surface area (Å²) >= 11 is 5.65. The first-order chi connectivity index (χ1) is 10.2. The van der Waals surface area contributed by atoms with Gasteiger partial charge in [-0.05, 0) is 24.0 Å². The van der Waals surface area contributed by atoms with Crippen LogP contribution in [0.4, 0.5) is 14.5 Å². The lowest BCUT2D eigenvalue weighted by Crippen LogP contribution is -2.23. The molecule has 0 radical (unpaired) electrons. The maximum atomic E-state index is 13.3. The van der Waals surface area contributed by atoms with Crippen LogP contribution in [0, 0.1) is 23.5 Å².